The molecule has 1 aliphatic carbocycles. The number of nitrogens with zero attached hydrogens (tertiary/aromatic N) is 2. The van der Waals surface area contributed by atoms with E-state index in [4.69, 9.17) is 14.2 Å². The molecule has 40 heavy (non-hydrogen) atoms. The number of hydrogen-bond donors (Lipinski definition) is 1. The van der Waals surface area contributed by atoms with Crippen LogP contribution in [0.5, 0.6) is 5.75 Å². The zero-order chi connectivity index (χ0) is 29.8. The van der Waals surface area contributed by atoms with E-state index in [1.54, 1.807) is 11.8 Å². The first kappa shape index (κ1) is 31.6. The lowest BCUT2D eigenvalue weighted by molar-refractivity contribution is -0.122. The summed E-state index contributed by atoms with van der Waals surface area (Å²) in [6.07, 6.45) is 3.89. The molecule has 2 atom stereocenters. The molecule has 9 heteroatoms. The van der Waals surface area contributed by atoms with Crippen LogP contribution in [-0.4, -0.2) is 64.3 Å². The number of amides is 3. The van der Waals surface area contributed by atoms with Crippen LogP contribution in [0.2, 0.25) is 0 Å². The van der Waals surface area contributed by atoms with Crippen LogP contribution in [0.4, 0.5) is 15.3 Å². The van der Waals surface area contributed by atoms with Crippen molar-refractivity contribution in [3.63, 3.8) is 0 Å². The van der Waals surface area contributed by atoms with E-state index < -0.39 is 17.3 Å². The fourth-order valence-electron chi connectivity index (χ4n) is 5.12. The van der Waals surface area contributed by atoms with Gasteiger partial charge in [-0.2, -0.15) is 0 Å². The molecular weight excluding hydrogens is 510 g/mol. The topological polar surface area (TPSA) is 97.4 Å². The van der Waals surface area contributed by atoms with Crippen LogP contribution in [0.3, 0.4) is 0 Å². The molecule has 1 aliphatic heterocycles. The number of rotatable bonds is 8. The van der Waals surface area contributed by atoms with Gasteiger partial charge in [-0.3, -0.25) is 4.79 Å². The first-order valence-electron chi connectivity index (χ1n) is 14.7. The van der Waals surface area contributed by atoms with Gasteiger partial charge >= 0.3 is 12.2 Å². The molecule has 0 radical (unpaired) electrons. The maximum Gasteiger partial charge on any atom is 0.410 e. The van der Waals surface area contributed by atoms with Crippen molar-refractivity contribution in [1.82, 2.24) is 9.80 Å². The monoisotopic (exact) mass is 559 g/mol. The van der Waals surface area contributed by atoms with Gasteiger partial charge in [0.1, 0.15) is 17.0 Å². The highest BCUT2D eigenvalue weighted by Gasteiger charge is 2.34. The number of hydrogen-bond acceptors (Lipinski definition) is 6. The molecule has 3 rings (SSSR count). The molecule has 0 saturated carbocycles. The van der Waals surface area contributed by atoms with Crippen molar-refractivity contribution in [2.45, 2.75) is 130 Å². The minimum absolute atomic E-state index is 0.0326. The number of benzene rings is 1. The third kappa shape index (κ3) is 8.51. The normalized spacial score (nSPS) is 18.7. The van der Waals surface area contributed by atoms with Gasteiger partial charge in [-0.1, -0.05) is 0 Å². The van der Waals surface area contributed by atoms with Crippen LogP contribution < -0.4 is 10.1 Å². The molecule has 0 aromatic heterocycles. The van der Waals surface area contributed by atoms with Crippen molar-refractivity contribution in [3.8, 4) is 5.75 Å². The Labute approximate surface area is 239 Å². The zero-order valence-electron chi connectivity index (χ0n) is 25.9. The van der Waals surface area contributed by atoms with Crippen LogP contribution in [0.25, 0.3) is 0 Å². The number of fused-ring (bicyclic) bond motifs is 2. The number of nitrogens with one attached hydrogen (secondary N) is 1. The molecule has 3 amide bonds. The van der Waals surface area contributed by atoms with E-state index in [0.717, 1.165) is 49.7 Å². The van der Waals surface area contributed by atoms with Gasteiger partial charge in [0.15, 0.2) is 6.10 Å². The van der Waals surface area contributed by atoms with Crippen LogP contribution in [0.15, 0.2) is 12.1 Å². The lowest BCUT2D eigenvalue weighted by atomic mass is 9.85. The van der Waals surface area contributed by atoms with Crippen molar-refractivity contribution < 1.29 is 28.6 Å². The minimum Gasteiger partial charge on any atom is -0.479 e. The maximum absolute atomic E-state index is 13.5. The van der Waals surface area contributed by atoms with Gasteiger partial charge < -0.3 is 29.3 Å². The first-order chi connectivity index (χ1) is 18.6. The summed E-state index contributed by atoms with van der Waals surface area (Å²) in [5, 5.41) is 2.95. The Morgan fingerprint density at radius 2 is 1.62 bits per heavy atom. The summed E-state index contributed by atoms with van der Waals surface area (Å²) in [5.74, 6) is 0.501. The standard InChI is InChI=1S/C31H49N3O6/c1-20(2)33(28(36)39-30(4,5)6)16-11-10-12-17-34(29(37)40-31(7,8)9)25-15-13-14-22-18-26-24(19-23(22)25)32-27(35)21(3)38-26/h18-21,25H,10-17H2,1-9H3,(H,32,35). The number of unbranched alkanes of at least 4 members (excludes halogenated alkanes) is 2. The summed E-state index contributed by atoms with van der Waals surface area (Å²) < 4.78 is 17.3. The van der Waals surface area contributed by atoms with Crippen LogP contribution in [0.1, 0.15) is 112 Å². The van der Waals surface area contributed by atoms with Crippen molar-refractivity contribution >= 4 is 23.8 Å². The van der Waals surface area contributed by atoms with E-state index in [9.17, 15) is 14.4 Å². The lowest BCUT2D eigenvalue weighted by Crippen LogP contribution is -2.42. The first-order valence-corrected chi connectivity index (χ1v) is 14.7. The predicted molar refractivity (Wildman–Crippen MR) is 156 cm³/mol. The van der Waals surface area contributed by atoms with Gasteiger partial charge in [-0.05, 0) is 124 Å². The van der Waals surface area contributed by atoms with Gasteiger partial charge in [0.25, 0.3) is 5.91 Å². The molecule has 1 heterocycles. The maximum atomic E-state index is 13.5. The molecule has 0 saturated heterocycles. The SMILES string of the molecule is CC1Oc2cc3c(cc2NC1=O)C(N(CCCCCN(C(=O)OC(C)(C)C)C(C)C)C(=O)OC(C)(C)C)CCC3. The third-order valence-electron chi connectivity index (χ3n) is 7.01. The van der Waals surface area contributed by atoms with Gasteiger partial charge in [0.05, 0.1) is 11.7 Å². The second kappa shape index (κ2) is 12.7. The van der Waals surface area contributed by atoms with Gasteiger partial charge in [0, 0.05) is 19.1 Å². The van der Waals surface area contributed by atoms with Crippen LogP contribution in [-0.2, 0) is 20.7 Å². The average molecular weight is 560 g/mol. The molecule has 1 aromatic carbocycles. The Kier molecular flexibility index (Phi) is 10.0. The third-order valence-corrected chi connectivity index (χ3v) is 7.01. The number of aryl methyl sites for hydroxylation is 1. The smallest absolute Gasteiger partial charge is 0.410 e. The highest BCUT2D eigenvalue weighted by atomic mass is 16.6. The summed E-state index contributed by atoms with van der Waals surface area (Å²) in [7, 11) is 0. The number of carbonyl (C=O) groups is 3. The second-order valence-electron chi connectivity index (χ2n) is 13.2. The quantitative estimate of drug-likeness (QED) is 0.350. The fourth-order valence-corrected chi connectivity index (χ4v) is 5.12. The predicted octanol–water partition coefficient (Wildman–Crippen LogP) is 6.84. The molecule has 224 valence electrons. The Hall–Kier alpha value is -2.97. The molecule has 2 aliphatic rings. The molecule has 1 N–H and O–H groups in total. The second-order valence-corrected chi connectivity index (χ2v) is 13.2. The summed E-state index contributed by atoms with van der Waals surface area (Å²) >= 11 is 0. The molecule has 1 aromatic rings. The van der Waals surface area contributed by atoms with E-state index >= 15 is 0 Å². The number of carbonyl (C=O) groups excluding carboxylic acids is 3. The molecular formula is C31H49N3O6. The molecule has 2 unspecified atom stereocenters. The average Bonchev–Trinajstić information content (AvgIpc) is 2.80. The highest BCUT2D eigenvalue weighted by Crippen LogP contribution is 2.42. The Morgan fingerprint density at radius 3 is 2.25 bits per heavy atom. The minimum atomic E-state index is -0.619. The number of ether oxygens (including phenoxy) is 3. The van der Waals surface area contributed by atoms with E-state index in [1.807, 2.05) is 72.4 Å². The molecule has 9 nitrogen and oxygen atoms in total. The largest absolute Gasteiger partial charge is 0.479 e. The van der Waals surface area contributed by atoms with Gasteiger partial charge in [0.2, 0.25) is 0 Å². The fraction of sp³-hybridized carbons (Fsp3) is 0.710. The van der Waals surface area contributed by atoms with Crippen molar-refractivity contribution in [2.24, 2.45) is 0 Å². The van der Waals surface area contributed by atoms with Crippen molar-refractivity contribution in [3.05, 3.63) is 23.3 Å². The highest BCUT2D eigenvalue weighted by molar-refractivity contribution is 5.97. The molecule has 0 spiro atoms. The van der Waals surface area contributed by atoms with E-state index in [2.05, 4.69) is 5.32 Å². The lowest BCUT2D eigenvalue weighted by Gasteiger charge is -2.38. The number of anilines is 1. The van der Waals surface area contributed by atoms with Crippen molar-refractivity contribution in [2.75, 3.05) is 18.4 Å². The summed E-state index contributed by atoms with van der Waals surface area (Å²) in [6.45, 7) is 18.1. The van der Waals surface area contributed by atoms with E-state index in [0.29, 0.717) is 24.5 Å². The van der Waals surface area contributed by atoms with E-state index in [1.165, 1.54) is 0 Å². The van der Waals surface area contributed by atoms with Gasteiger partial charge in [-0.25, -0.2) is 9.59 Å². The Bertz CT molecular complexity index is 1070. The zero-order valence-corrected chi connectivity index (χ0v) is 25.9. The van der Waals surface area contributed by atoms with Crippen LogP contribution in [0, 0.1) is 0 Å². The molecule has 0 fully saturated rings. The Morgan fingerprint density at radius 1 is 1.00 bits per heavy atom. The van der Waals surface area contributed by atoms with Crippen LogP contribution >= 0.6 is 0 Å². The van der Waals surface area contributed by atoms with Gasteiger partial charge in [-0.15, -0.1) is 0 Å². The van der Waals surface area contributed by atoms with Crippen molar-refractivity contribution in [1.29, 1.82) is 0 Å². The molecule has 0 bridgehead atoms. The summed E-state index contributed by atoms with van der Waals surface area (Å²) in [5.41, 5.74) is 1.66. The summed E-state index contributed by atoms with van der Waals surface area (Å²) in [6, 6.07) is 3.85. The summed E-state index contributed by atoms with van der Waals surface area (Å²) in [4.78, 5) is 42.0. The Balaban J connectivity index is 1.73. The van der Waals surface area contributed by atoms with E-state index in [-0.39, 0.29) is 30.2 Å².